The number of anilines is 1. The molecule has 13 heteroatoms. The summed E-state index contributed by atoms with van der Waals surface area (Å²) >= 11 is 1.30. The summed E-state index contributed by atoms with van der Waals surface area (Å²) in [5, 5.41) is 5.29. The van der Waals surface area contributed by atoms with Gasteiger partial charge in [-0.05, 0) is 38.5 Å². The van der Waals surface area contributed by atoms with Crippen molar-refractivity contribution in [3.63, 3.8) is 0 Å². The first kappa shape index (κ1) is 30.2. The Labute approximate surface area is 256 Å². The number of fused-ring (bicyclic) bond motifs is 1. The largest absolute Gasteiger partial charge is 0.417 e. The fourth-order valence-electron chi connectivity index (χ4n) is 6.84. The average Bonchev–Trinajstić information content (AvgIpc) is 3.34. The van der Waals surface area contributed by atoms with Gasteiger partial charge in [0.25, 0.3) is 0 Å². The Morgan fingerprint density at radius 1 is 1.18 bits per heavy atom. The molecule has 4 aromatic rings. The minimum Gasteiger partial charge on any atom is -0.383 e. The van der Waals surface area contributed by atoms with Crippen molar-refractivity contribution in [2.75, 3.05) is 37.5 Å². The van der Waals surface area contributed by atoms with Gasteiger partial charge >= 0.3 is 11.9 Å². The summed E-state index contributed by atoms with van der Waals surface area (Å²) in [6.07, 6.45) is -1.83. The fraction of sp³-hybridized carbons (Fsp3) is 0.419. The van der Waals surface area contributed by atoms with Crippen molar-refractivity contribution in [3.05, 3.63) is 58.7 Å². The van der Waals surface area contributed by atoms with E-state index in [-0.39, 0.29) is 54.5 Å². The highest BCUT2D eigenvalue weighted by atomic mass is 32.2. The number of alkyl halides is 3. The molecule has 4 heterocycles. The van der Waals surface area contributed by atoms with Crippen LogP contribution in [0, 0.1) is 6.92 Å². The van der Waals surface area contributed by atoms with Crippen molar-refractivity contribution >= 4 is 45.3 Å². The number of amides is 1. The summed E-state index contributed by atoms with van der Waals surface area (Å²) < 4.78 is 54.1. The third-order valence-corrected chi connectivity index (χ3v) is 9.84. The zero-order valence-electron chi connectivity index (χ0n) is 25.1. The number of thioether (sulfide) groups is 1. The van der Waals surface area contributed by atoms with Gasteiger partial charge in [-0.1, -0.05) is 18.7 Å². The number of hydrogen-bond donors (Lipinski definition) is 0. The number of piperazine rings is 1. The SMILES string of the molecule is C=CC(=O)N1[C@H](C)CN(c2nc(=O)n3c4c(c(-c5c(C)ccc6cnn(C)c56)c(C(F)(F)F)cc24)SCC3COC)C[C@@H]1C. The summed E-state index contributed by atoms with van der Waals surface area (Å²) in [4.78, 5) is 34.7. The average molecular weight is 627 g/mol. The Balaban J connectivity index is 1.71. The first-order valence-electron chi connectivity index (χ1n) is 14.3. The highest BCUT2D eigenvalue weighted by Gasteiger charge is 2.41. The second-order valence-corrected chi connectivity index (χ2v) is 12.6. The van der Waals surface area contributed by atoms with Crippen LogP contribution in [0.1, 0.15) is 31.0 Å². The second-order valence-electron chi connectivity index (χ2n) is 11.5. The van der Waals surface area contributed by atoms with Gasteiger partial charge in [-0.25, -0.2) is 4.79 Å². The molecule has 0 spiro atoms. The van der Waals surface area contributed by atoms with Crippen LogP contribution in [0.3, 0.4) is 0 Å². The van der Waals surface area contributed by atoms with Gasteiger partial charge in [0.2, 0.25) is 5.91 Å². The van der Waals surface area contributed by atoms with Gasteiger partial charge in [0, 0.05) is 71.9 Å². The molecule has 232 valence electrons. The maximum Gasteiger partial charge on any atom is 0.417 e. The molecule has 0 aliphatic carbocycles. The summed E-state index contributed by atoms with van der Waals surface area (Å²) in [5.41, 5.74) is 0.762. The molecule has 0 radical (unpaired) electrons. The first-order valence-corrected chi connectivity index (χ1v) is 15.3. The van der Waals surface area contributed by atoms with Crippen molar-refractivity contribution in [2.24, 2.45) is 7.05 Å². The lowest BCUT2D eigenvalue weighted by atomic mass is 9.91. The topological polar surface area (TPSA) is 85.5 Å². The van der Waals surface area contributed by atoms with E-state index in [9.17, 15) is 9.59 Å². The summed E-state index contributed by atoms with van der Waals surface area (Å²) in [5.74, 6) is 0.289. The van der Waals surface area contributed by atoms with Crippen LogP contribution in [0.5, 0.6) is 0 Å². The highest BCUT2D eigenvalue weighted by Crippen LogP contribution is 2.51. The van der Waals surface area contributed by atoms with Crippen LogP contribution in [0.25, 0.3) is 32.9 Å². The number of ether oxygens (including phenoxy) is 1. The van der Waals surface area contributed by atoms with Crippen LogP contribution in [0.4, 0.5) is 19.0 Å². The van der Waals surface area contributed by atoms with Gasteiger partial charge in [-0.15, -0.1) is 11.8 Å². The van der Waals surface area contributed by atoms with Crippen LogP contribution in [0.15, 0.2) is 46.7 Å². The summed E-state index contributed by atoms with van der Waals surface area (Å²) in [6.45, 7) is 9.89. The predicted octanol–water partition coefficient (Wildman–Crippen LogP) is 5.18. The van der Waals surface area contributed by atoms with Crippen LogP contribution in [-0.4, -0.2) is 74.8 Å². The van der Waals surface area contributed by atoms with E-state index in [0.717, 1.165) is 6.07 Å². The zero-order valence-corrected chi connectivity index (χ0v) is 25.9. The van der Waals surface area contributed by atoms with Gasteiger partial charge in [0.1, 0.15) is 5.82 Å². The van der Waals surface area contributed by atoms with Crippen molar-refractivity contribution in [1.82, 2.24) is 24.2 Å². The van der Waals surface area contributed by atoms with E-state index < -0.39 is 23.5 Å². The zero-order chi connectivity index (χ0) is 31.7. The number of benzene rings is 2. The molecule has 9 nitrogen and oxygen atoms in total. The minimum atomic E-state index is -4.72. The van der Waals surface area contributed by atoms with E-state index in [0.29, 0.717) is 38.2 Å². The maximum absolute atomic E-state index is 15.2. The normalized spacial score (nSPS) is 20.5. The van der Waals surface area contributed by atoms with Crippen molar-refractivity contribution in [3.8, 4) is 11.1 Å². The molecule has 0 bridgehead atoms. The minimum absolute atomic E-state index is 0.0333. The van der Waals surface area contributed by atoms with E-state index in [1.165, 1.54) is 29.5 Å². The molecule has 2 aliphatic rings. The molecule has 6 rings (SSSR count). The molecule has 1 saturated heterocycles. The van der Waals surface area contributed by atoms with E-state index >= 15 is 13.2 Å². The summed E-state index contributed by atoms with van der Waals surface area (Å²) in [6, 6.07) is 3.78. The maximum atomic E-state index is 15.2. The lowest BCUT2D eigenvalue weighted by Gasteiger charge is -2.45. The molecule has 1 fully saturated rings. The molecular formula is C31H33F3N6O3S. The Kier molecular flexibility index (Phi) is 7.52. The van der Waals surface area contributed by atoms with Gasteiger partial charge in [0.15, 0.2) is 0 Å². The standard InChI is InChI=1S/C31H33F3N6O3S/c1-7-23(41)39-17(3)12-38(13-18(39)4)29-21-10-22(31(32,33)34)25(24-16(2)8-9-19-11-35-37(5)26(19)24)28-27(21)40(30(42)36-29)20(14-43-6)15-44-28/h7-11,17-18,20H,1,12-15H2,2-6H3/t17-,18+,20?. The number of carbonyl (C=O) groups excluding carboxylic acids is 1. The number of halogens is 3. The van der Waals surface area contributed by atoms with Crippen LogP contribution in [0.2, 0.25) is 0 Å². The Bertz CT molecular complexity index is 1870. The van der Waals surface area contributed by atoms with Crippen molar-refractivity contribution in [2.45, 2.75) is 50.0 Å². The van der Waals surface area contributed by atoms with Gasteiger partial charge in [-0.2, -0.15) is 23.3 Å². The first-order chi connectivity index (χ1) is 20.9. The number of hydrogen-bond acceptors (Lipinski definition) is 7. The third kappa shape index (κ3) is 4.68. The van der Waals surface area contributed by atoms with Crippen molar-refractivity contribution in [1.29, 1.82) is 0 Å². The van der Waals surface area contributed by atoms with E-state index in [4.69, 9.17) is 4.74 Å². The summed E-state index contributed by atoms with van der Waals surface area (Å²) in [7, 11) is 3.24. The number of rotatable bonds is 5. The third-order valence-electron chi connectivity index (χ3n) is 8.60. The monoisotopic (exact) mass is 626 g/mol. The molecule has 0 saturated carbocycles. The van der Waals surface area contributed by atoms with Gasteiger partial charge in [0.05, 0.1) is 35.4 Å². The Morgan fingerprint density at radius 3 is 2.52 bits per heavy atom. The molecular weight excluding hydrogens is 593 g/mol. The lowest BCUT2D eigenvalue weighted by Crippen LogP contribution is -2.58. The molecule has 2 aliphatic heterocycles. The van der Waals surface area contributed by atoms with Crippen molar-refractivity contribution < 1.29 is 22.7 Å². The van der Waals surface area contributed by atoms with E-state index in [1.54, 1.807) is 35.8 Å². The number of carbonyl (C=O) groups is 1. The molecule has 0 N–H and O–H groups in total. The molecule has 1 amide bonds. The van der Waals surface area contributed by atoms with Crippen LogP contribution >= 0.6 is 11.8 Å². The van der Waals surface area contributed by atoms with Crippen LogP contribution < -0.4 is 10.6 Å². The Hall–Kier alpha value is -3.84. The highest BCUT2D eigenvalue weighted by molar-refractivity contribution is 7.99. The van der Waals surface area contributed by atoms with E-state index in [1.807, 2.05) is 24.8 Å². The second kappa shape index (κ2) is 11.0. The smallest absolute Gasteiger partial charge is 0.383 e. The van der Waals surface area contributed by atoms with Gasteiger partial charge < -0.3 is 14.5 Å². The lowest BCUT2D eigenvalue weighted by molar-refractivity contribution is -0.137. The van der Waals surface area contributed by atoms with E-state index in [2.05, 4.69) is 16.7 Å². The van der Waals surface area contributed by atoms with Crippen LogP contribution in [-0.2, 0) is 22.8 Å². The molecule has 3 atom stereocenters. The Morgan fingerprint density at radius 2 is 1.89 bits per heavy atom. The molecule has 2 aromatic carbocycles. The number of nitrogens with zero attached hydrogens (tertiary/aromatic N) is 6. The number of methoxy groups -OCH3 is 1. The predicted molar refractivity (Wildman–Crippen MR) is 165 cm³/mol. The number of aryl methyl sites for hydroxylation is 2. The molecule has 44 heavy (non-hydrogen) atoms. The number of aromatic nitrogens is 4. The fourth-order valence-corrected chi connectivity index (χ4v) is 8.14. The molecule has 1 unspecified atom stereocenters. The molecule has 2 aromatic heterocycles. The quantitative estimate of drug-likeness (QED) is 0.282. The van der Waals surface area contributed by atoms with Gasteiger partial charge in [-0.3, -0.25) is 14.0 Å².